The maximum Gasteiger partial charge on any atom is 0.0661 e. The van der Waals surface area contributed by atoms with Gasteiger partial charge < -0.3 is 10.5 Å². The minimum absolute atomic E-state index is 0.0237. The van der Waals surface area contributed by atoms with Gasteiger partial charge in [0.25, 0.3) is 0 Å². The van der Waals surface area contributed by atoms with Gasteiger partial charge in [-0.15, -0.1) is 0 Å². The van der Waals surface area contributed by atoms with Crippen molar-refractivity contribution in [3.63, 3.8) is 0 Å². The highest BCUT2D eigenvalue weighted by Crippen LogP contribution is 2.32. The summed E-state index contributed by atoms with van der Waals surface area (Å²) in [6.07, 6.45) is 5.20. The fraction of sp³-hybridized carbons (Fsp3) is 1.00. The van der Waals surface area contributed by atoms with Crippen molar-refractivity contribution in [1.29, 1.82) is 0 Å². The molecule has 1 heterocycles. The zero-order chi connectivity index (χ0) is 12.9. The van der Waals surface area contributed by atoms with Crippen molar-refractivity contribution in [3.8, 4) is 0 Å². The number of nitrogens with two attached hydrogens (primary N) is 1. The van der Waals surface area contributed by atoms with Gasteiger partial charge in [-0.25, -0.2) is 0 Å². The third-order valence-corrected chi connectivity index (χ3v) is 4.49. The van der Waals surface area contributed by atoms with Gasteiger partial charge in [0.05, 0.1) is 12.1 Å². The molecule has 2 N–H and O–H groups in total. The molecule has 0 aromatic carbocycles. The molecule has 0 radical (unpaired) electrons. The average molecular weight is 242 g/mol. The summed E-state index contributed by atoms with van der Waals surface area (Å²) in [5.74, 6) is 0.527. The number of hydrogen-bond donors (Lipinski definition) is 1. The van der Waals surface area contributed by atoms with Crippen LogP contribution in [0.4, 0.5) is 0 Å². The lowest BCUT2D eigenvalue weighted by atomic mass is 9.81. The molecule has 1 aliphatic rings. The standard InChI is InChI=1S/C14H30N2O/c1-5-13-8-6-7-9-16(13)14(10-15,11-17-4)12(2)3/h12-13H,5-11,15H2,1-4H3. The van der Waals surface area contributed by atoms with Gasteiger partial charge in [0.15, 0.2) is 0 Å². The second-order valence-corrected chi connectivity index (χ2v) is 5.65. The summed E-state index contributed by atoms with van der Waals surface area (Å²) < 4.78 is 5.48. The Bertz CT molecular complexity index is 220. The summed E-state index contributed by atoms with van der Waals surface area (Å²) in [6, 6.07) is 0.685. The molecule has 2 unspecified atom stereocenters. The normalized spacial score (nSPS) is 26.1. The van der Waals surface area contributed by atoms with Crippen LogP contribution >= 0.6 is 0 Å². The van der Waals surface area contributed by atoms with Crippen LogP contribution in [0.3, 0.4) is 0 Å². The first-order valence-corrected chi connectivity index (χ1v) is 7.08. The summed E-state index contributed by atoms with van der Waals surface area (Å²) >= 11 is 0. The third kappa shape index (κ3) is 3.01. The molecule has 0 bridgehead atoms. The van der Waals surface area contributed by atoms with Crippen molar-refractivity contribution in [1.82, 2.24) is 4.90 Å². The Kier molecular flexibility index (Phi) is 5.90. The fourth-order valence-electron chi connectivity index (χ4n) is 3.25. The second-order valence-electron chi connectivity index (χ2n) is 5.65. The van der Waals surface area contributed by atoms with Gasteiger partial charge in [-0.2, -0.15) is 0 Å². The van der Waals surface area contributed by atoms with Crippen LogP contribution in [0.25, 0.3) is 0 Å². The lowest BCUT2D eigenvalue weighted by Gasteiger charge is -2.51. The highest BCUT2D eigenvalue weighted by Gasteiger charge is 2.42. The van der Waals surface area contributed by atoms with Crippen LogP contribution in [0.15, 0.2) is 0 Å². The van der Waals surface area contributed by atoms with Crippen molar-refractivity contribution < 1.29 is 4.74 Å². The Morgan fingerprint density at radius 2 is 2.12 bits per heavy atom. The van der Waals surface area contributed by atoms with Crippen LogP contribution in [0.1, 0.15) is 46.5 Å². The Labute approximate surface area is 107 Å². The van der Waals surface area contributed by atoms with Gasteiger partial charge in [0.2, 0.25) is 0 Å². The molecule has 3 heteroatoms. The molecule has 0 saturated carbocycles. The van der Waals surface area contributed by atoms with Gasteiger partial charge in [-0.05, 0) is 31.7 Å². The predicted octanol–water partition coefficient (Wildman–Crippen LogP) is 2.25. The van der Waals surface area contributed by atoms with E-state index < -0.39 is 0 Å². The number of likely N-dealkylation sites (tertiary alicyclic amines) is 1. The Morgan fingerprint density at radius 1 is 1.41 bits per heavy atom. The van der Waals surface area contributed by atoms with Crippen LogP contribution in [0.5, 0.6) is 0 Å². The molecule has 102 valence electrons. The van der Waals surface area contributed by atoms with E-state index in [1.807, 2.05) is 0 Å². The van der Waals surface area contributed by atoms with Gasteiger partial charge in [-0.3, -0.25) is 4.90 Å². The molecule has 1 fully saturated rings. The lowest BCUT2D eigenvalue weighted by Crippen LogP contribution is -2.64. The number of piperidine rings is 1. The first kappa shape index (κ1) is 14.9. The summed E-state index contributed by atoms with van der Waals surface area (Å²) in [5.41, 5.74) is 6.14. The van der Waals surface area contributed by atoms with Crippen molar-refractivity contribution in [2.75, 3.05) is 26.8 Å². The Hall–Kier alpha value is -0.120. The largest absolute Gasteiger partial charge is 0.383 e. The van der Waals surface area contributed by atoms with E-state index in [9.17, 15) is 0 Å². The fourth-order valence-corrected chi connectivity index (χ4v) is 3.25. The quantitative estimate of drug-likeness (QED) is 0.776. The van der Waals surface area contributed by atoms with E-state index in [0.717, 1.165) is 6.61 Å². The van der Waals surface area contributed by atoms with Crippen molar-refractivity contribution in [2.24, 2.45) is 11.7 Å². The monoisotopic (exact) mass is 242 g/mol. The van der Waals surface area contributed by atoms with Crippen LogP contribution in [-0.2, 0) is 4.74 Å². The number of nitrogens with zero attached hydrogens (tertiary/aromatic N) is 1. The minimum Gasteiger partial charge on any atom is -0.383 e. The molecule has 0 amide bonds. The first-order chi connectivity index (χ1) is 8.12. The summed E-state index contributed by atoms with van der Waals surface area (Å²) in [4.78, 5) is 2.64. The predicted molar refractivity (Wildman–Crippen MR) is 73.1 cm³/mol. The number of hydrogen-bond acceptors (Lipinski definition) is 3. The third-order valence-electron chi connectivity index (χ3n) is 4.49. The van der Waals surface area contributed by atoms with Crippen LogP contribution in [0, 0.1) is 5.92 Å². The van der Waals surface area contributed by atoms with Gasteiger partial charge in [0, 0.05) is 19.7 Å². The van der Waals surface area contributed by atoms with Crippen LogP contribution < -0.4 is 5.73 Å². The smallest absolute Gasteiger partial charge is 0.0661 e. The summed E-state index contributed by atoms with van der Waals surface area (Å²) in [6.45, 7) is 9.45. The van der Waals surface area contributed by atoms with E-state index in [1.54, 1.807) is 7.11 Å². The van der Waals surface area contributed by atoms with E-state index in [-0.39, 0.29) is 5.54 Å². The SMILES string of the molecule is CCC1CCCCN1C(CN)(COC)C(C)C. The van der Waals surface area contributed by atoms with E-state index >= 15 is 0 Å². The molecule has 0 aromatic heterocycles. The first-order valence-electron chi connectivity index (χ1n) is 7.08. The summed E-state index contributed by atoms with van der Waals surface area (Å²) in [7, 11) is 1.79. The van der Waals surface area contributed by atoms with E-state index in [1.165, 1.54) is 32.2 Å². The molecular formula is C14H30N2O. The number of ether oxygens (including phenoxy) is 1. The molecule has 1 aliphatic heterocycles. The topological polar surface area (TPSA) is 38.5 Å². The van der Waals surface area contributed by atoms with Crippen LogP contribution in [0.2, 0.25) is 0 Å². The lowest BCUT2D eigenvalue weighted by molar-refractivity contribution is -0.0551. The van der Waals surface area contributed by atoms with Gasteiger partial charge in [0.1, 0.15) is 0 Å². The molecular weight excluding hydrogens is 212 g/mol. The highest BCUT2D eigenvalue weighted by atomic mass is 16.5. The number of rotatable bonds is 6. The second kappa shape index (κ2) is 6.72. The van der Waals surface area contributed by atoms with E-state index in [4.69, 9.17) is 10.5 Å². The maximum atomic E-state index is 6.12. The molecule has 17 heavy (non-hydrogen) atoms. The van der Waals surface area contributed by atoms with Crippen LogP contribution in [-0.4, -0.2) is 43.3 Å². The molecule has 1 saturated heterocycles. The van der Waals surface area contributed by atoms with Gasteiger partial charge in [-0.1, -0.05) is 27.2 Å². The highest BCUT2D eigenvalue weighted by molar-refractivity contribution is 4.98. The van der Waals surface area contributed by atoms with Gasteiger partial charge >= 0.3 is 0 Å². The van der Waals surface area contributed by atoms with Crippen molar-refractivity contribution >= 4 is 0 Å². The molecule has 2 atom stereocenters. The zero-order valence-electron chi connectivity index (χ0n) is 12.0. The molecule has 1 rings (SSSR count). The molecule has 0 spiro atoms. The molecule has 0 aliphatic carbocycles. The molecule has 3 nitrogen and oxygen atoms in total. The maximum absolute atomic E-state index is 6.12. The van der Waals surface area contributed by atoms with Crippen molar-refractivity contribution in [2.45, 2.75) is 58.0 Å². The van der Waals surface area contributed by atoms with Crippen molar-refractivity contribution in [3.05, 3.63) is 0 Å². The summed E-state index contributed by atoms with van der Waals surface area (Å²) in [5, 5.41) is 0. The van der Waals surface area contributed by atoms with E-state index in [0.29, 0.717) is 18.5 Å². The number of methoxy groups -OCH3 is 1. The minimum atomic E-state index is 0.0237. The zero-order valence-corrected chi connectivity index (χ0v) is 12.0. The Balaban J connectivity index is 2.93. The Morgan fingerprint density at radius 3 is 2.59 bits per heavy atom. The molecule has 0 aromatic rings. The van der Waals surface area contributed by atoms with E-state index in [2.05, 4.69) is 25.7 Å². The average Bonchev–Trinajstić information content (AvgIpc) is 2.35.